The van der Waals surface area contributed by atoms with Crippen LogP contribution in [0.3, 0.4) is 0 Å². The predicted octanol–water partition coefficient (Wildman–Crippen LogP) is 1.10. The zero-order chi connectivity index (χ0) is 8.27. The molecule has 1 aliphatic rings. The van der Waals surface area contributed by atoms with Crippen molar-refractivity contribution in [2.45, 2.75) is 32.7 Å². The van der Waals surface area contributed by atoms with Crippen molar-refractivity contribution in [3.63, 3.8) is 0 Å². The van der Waals surface area contributed by atoms with E-state index in [1.807, 2.05) is 0 Å². The van der Waals surface area contributed by atoms with Crippen LogP contribution in [0.25, 0.3) is 0 Å². The summed E-state index contributed by atoms with van der Waals surface area (Å²) in [6, 6.07) is 0.724. The molecule has 0 amide bonds. The number of β-amino-alcohol motifs (C(OH)–C–C–N with tert-alkyl or cyclic N) is 1. The van der Waals surface area contributed by atoms with Crippen LogP contribution in [0.1, 0.15) is 26.7 Å². The van der Waals surface area contributed by atoms with Crippen LogP contribution in [-0.4, -0.2) is 35.7 Å². The Morgan fingerprint density at radius 2 is 2.27 bits per heavy atom. The average molecular weight is 157 g/mol. The topological polar surface area (TPSA) is 23.5 Å². The van der Waals surface area contributed by atoms with Crippen molar-refractivity contribution in [2.24, 2.45) is 5.92 Å². The van der Waals surface area contributed by atoms with Crippen molar-refractivity contribution in [3.05, 3.63) is 0 Å². The molecule has 1 fully saturated rings. The molecule has 0 aromatic carbocycles. The van der Waals surface area contributed by atoms with E-state index >= 15 is 0 Å². The van der Waals surface area contributed by atoms with Gasteiger partial charge in [0.1, 0.15) is 0 Å². The minimum atomic E-state index is 0.309. The van der Waals surface area contributed by atoms with Crippen LogP contribution in [0.2, 0.25) is 0 Å². The maximum Gasteiger partial charge on any atom is 0.0558 e. The molecule has 0 spiro atoms. The van der Waals surface area contributed by atoms with Gasteiger partial charge >= 0.3 is 0 Å². The van der Waals surface area contributed by atoms with Gasteiger partial charge in [-0.05, 0) is 25.3 Å². The third-order valence-electron chi connectivity index (χ3n) is 2.57. The SMILES string of the molecule is CC(C)C1CCCN1CCO. The summed E-state index contributed by atoms with van der Waals surface area (Å²) in [5.41, 5.74) is 0. The van der Waals surface area contributed by atoms with Gasteiger partial charge in [0.2, 0.25) is 0 Å². The maximum absolute atomic E-state index is 8.78. The Kier molecular flexibility index (Phi) is 3.34. The first-order valence-corrected chi connectivity index (χ1v) is 4.60. The molecule has 2 heteroatoms. The zero-order valence-corrected chi connectivity index (χ0v) is 7.58. The highest BCUT2D eigenvalue weighted by Crippen LogP contribution is 2.22. The number of aliphatic hydroxyl groups is 1. The molecule has 2 nitrogen and oxygen atoms in total. The molecule has 1 aliphatic heterocycles. The Hall–Kier alpha value is -0.0800. The molecule has 0 saturated carbocycles. The van der Waals surface area contributed by atoms with E-state index in [2.05, 4.69) is 18.7 Å². The summed E-state index contributed by atoms with van der Waals surface area (Å²) in [5, 5.41) is 8.78. The monoisotopic (exact) mass is 157 g/mol. The summed E-state index contributed by atoms with van der Waals surface area (Å²) in [7, 11) is 0. The van der Waals surface area contributed by atoms with E-state index < -0.39 is 0 Å². The molecule has 0 aromatic heterocycles. The summed E-state index contributed by atoms with van der Waals surface area (Å²) in [6.45, 7) is 6.89. The van der Waals surface area contributed by atoms with Crippen LogP contribution < -0.4 is 0 Å². The molecule has 1 atom stereocenters. The van der Waals surface area contributed by atoms with E-state index in [0.29, 0.717) is 6.61 Å². The summed E-state index contributed by atoms with van der Waals surface area (Å²) in [4.78, 5) is 2.41. The van der Waals surface area contributed by atoms with E-state index in [1.54, 1.807) is 0 Å². The lowest BCUT2D eigenvalue weighted by Gasteiger charge is -2.26. The van der Waals surface area contributed by atoms with Gasteiger partial charge in [0.05, 0.1) is 6.61 Å². The lowest BCUT2D eigenvalue weighted by molar-refractivity contribution is 0.160. The van der Waals surface area contributed by atoms with Crippen LogP contribution in [0, 0.1) is 5.92 Å². The van der Waals surface area contributed by atoms with Crippen molar-refractivity contribution < 1.29 is 5.11 Å². The molecule has 66 valence electrons. The first kappa shape index (κ1) is 9.01. The van der Waals surface area contributed by atoms with Crippen LogP contribution >= 0.6 is 0 Å². The smallest absolute Gasteiger partial charge is 0.0558 e. The summed E-state index contributed by atoms with van der Waals surface area (Å²) in [6.07, 6.45) is 2.63. The highest BCUT2D eigenvalue weighted by molar-refractivity contribution is 4.80. The Morgan fingerprint density at radius 1 is 1.55 bits per heavy atom. The van der Waals surface area contributed by atoms with Crippen LogP contribution in [-0.2, 0) is 0 Å². The molecule has 1 unspecified atom stereocenters. The van der Waals surface area contributed by atoms with Crippen molar-refractivity contribution >= 4 is 0 Å². The van der Waals surface area contributed by atoms with Gasteiger partial charge in [-0.2, -0.15) is 0 Å². The van der Waals surface area contributed by atoms with Crippen molar-refractivity contribution in [2.75, 3.05) is 19.7 Å². The average Bonchev–Trinajstić information content (AvgIpc) is 2.36. The summed E-state index contributed by atoms with van der Waals surface area (Å²) >= 11 is 0. The standard InChI is InChI=1S/C9H19NO/c1-8(2)9-4-3-5-10(9)6-7-11/h8-9,11H,3-7H2,1-2H3. The van der Waals surface area contributed by atoms with Gasteiger partial charge in [0.25, 0.3) is 0 Å². The molecule has 0 radical (unpaired) electrons. The predicted molar refractivity (Wildman–Crippen MR) is 46.5 cm³/mol. The Bertz CT molecular complexity index is 114. The lowest BCUT2D eigenvalue weighted by atomic mass is 10.0. The second-order valence-corrected chi connectivity index (χ2v) is 3.71. The number of hydrogen-bond donors (Lipinski definition) is 1. The number of hydrogen-bond acceptors (Lipinski definition) is 2. The number of rotatable bonds is 3. The normalized spacial score (nSPS) is 26.7. The van der Waals surface area contributed by atoms with Crippen LogP contribution in [0.4, 0.5) is 0 Å². The van der Waals surface area contributed by atoms with Gasteiger partial charge < -0.3 is 5.11 Å². The van der Waals surface area contributed by atoms with Gasteiger partial charge in [-0.25, -0.2) is 0 Å². The van der Waals surface area contributed by atoms with Crippen molar-refractivity contribution in [3.8, 4) is 0 Å². The molecule has 0 bridgehead atoms. The molecule has 0 aromatic rings. The van der Waals surface area contributed by atoms with Crippen molar-refractivity contribution in [1.82, 2.24) is 4.90 Å². The fourth-order valence-corrected chi connectivity index (χ4v) is 2.01. The largest absolute Gasteiger partial charge is 0.395 e. The molecule has 1 rings (SSSR count). The fraction of sp³-hybridized carbons (Fsp3) is 1.00. The number of aliphatic hydroxyl groups excluding tert-OH is 1. The molecule has 1 N–H and O–H groups in total. The minimum absolute atomic E-state index is 0.309. The molecule has 1 saturated heterocycles. The first-order valence-electron chi connectivity index (χ1n) is 4.60. The van der Waals surface area contributed by atoms with Crippen LogP contribution in [0.15, 0.2) is 0 Å². The highest BCUT2D eigenvalue weighted by Gasteiger charge is 2.25. The van der Waals surface area contributed by atoms with Gasteiger partial charge in [-0.1, -0.05) is 13.8 Å². The van der Waals surface area contributed by atoms with E-state index in [1.165, 1.54) is 19.4 Å². The van der Waals surface area contributed by atoms with E-state index in [4.69, 9.17) is 5.11 Å². The van der Waals surface area contributed by atoms with E-state index in [-0.39, 0.29) is 0 Å². The lowest BCUT2D eigenvalue weighted by Crippen LogP contribution is -2.35. The zero-order valence-electron chi connectivity index (χ0n) is 7.58. The van der Waals surface area contributed by atoms with Crippen molar-refractivity contribution in [1.29, 1.82) is 0 Å². The number of likely N-dealkylation sites (tertiary alicyclic amines) is 1. The minimum Gasteiger partial charge on any atom is -0.395 e. The molecule has 11 heavy (non-hydrogen) atoms. The third kappa shape index (κ3) is 2.17. The van der Waals surface area contributed by atoms with E-state index in [9.17, 15) is 0 Å². The first-order chi connectivity index (χ1) is 5.25. The molecule has 1 heterocycles. The quantitative estimate of drug-likeness (QED) is 0.663. The molecular formula is C9H19NO. The Balaban J connectivity index is 2.37. The van der Waals surface area contributed by atoms with E-state index in [0.717, 1.165) is 18.5 Å². The molecule has 0 aliphatic carbocycles. The van der Waals surface area contributed by atoms with Gasteiger partial charge in [-0.3, -0.25) is 4.90 Å². The molecular weight excluding hydrogens is 138 g/mol. The van der Waals surface area contributed by atoms with Gasteiger partial charge in [-0.15, -0.1) is 0 Å². The fourth-order valence-electron chi connectivity index (χ4n) is 2.01. The highest BCUT2D eigenvalue weighted by atomic mass is 16.3. The maximum atomic E-state index is 8.78. The second kappa shape index (κ2) is 4.07. The third-order valence-corrected chi connectivity index (χ3v) is 2.57. The number of nitrogens with zero attached hydrogens (tertiary/aromatic N) is 1. The summed E-state index contributed by atoms with van der Waals surface area (Å²) in [5.74, 6) is 0.740. The van der Waals surface area contributed by atoms with Gasteiger partial charge in [0, 0.05) is 12.6 Å². The second-order valence-electron chi connectivity index (χ2n) is 3.71. The Morgan fingerprint density at radius 3 is 2.82 bits per heavy atom. The van der Waals surface area contributed by atoms with Crippen LogP contribution in [0.5, 0.6) is 0 Å². The van der Waals surface area contributed by atoms with Gasteiger partial charge in [0.15, 0.2) is 0 Å². The Labute approximate surface area is 69.2 Å². The summed E-state index contributed by atoms with van der Waals surface area (Å²) < 4.78 is 0.